The zero-order valence-electron chi connectivity index (χ0n) is 18.6. The van der Waals surface area contributed by atoms with E-state index in [-0.39, 0.29) is 29.7 Å². The fraction of sp³-hybridized carbons (Fsp3) is 0.696. The molecule has 1 aliphatic rings. The van der Waals surface area contributed by atoms with Crippen LogP contribution in [0.3, 0.4) is 0 Å². The molecule has 0 aliphatic heterocycles. The number of hydrogen-bond donors (Lipinski definition) is 2. The molecule has 0 saturated carbocycles. The van der Waals surface area contributed by atoms with Crippen LogP contribution in [0.25, 0.3) is 0 Å². The zero-order chi connectivity index (χ0) is 21.6. The number of carbonyl (C=O) groups excluding carboxylic acids is 3. The standard InChI is InChI=1S/C23H39N3O3/c1-5-11-20(16-26(4)17-27)22(28)25-19(3)13-7-6-10-15-24-23(29)21-14-9-8-12-18(21)2/h8-9,14,17-20H,5-7,10-13,15-16H2,1-4H3,(H,24,29)(H,25,28). The fourth-order valence-corrected chi connectivity index (χ4v) is 3.58. The van der Waals surface area contributed by atoms with Crippen molar-refractivity contribution in [1.82, 2.24) is 15.5 Å². The highest BCUT2D eigenvalue weighted by Crippen LogP contribution is 2.19. The predicted octanol–water partition coefficient (Wildman–Crippen LogP) is 3.19. The van der Waals surface area contributed by atoms with Crippen molar-refractivity contribution in [2.24, 2.45) is 11.8 Å². The number of nitrogens with zero attached hydrogens (tertiary/aromatic N) is 1. The van der Waals surface area contributed by atoms with E-state index in [2.05, 4.69) is 23.6 Å². The van der Waals surface area contributed by atoms with Crippen molar-refractivity contribution in [2.75, 3.05) is 20.1 Å². The van der Waals surface area contributed by atoms with E-state index in [4.69, 9.17) is 0 Å². The highest BCUT2D eigenvalue weighted by Gasteiger charge is 2.20. The van der Waals surface area contributed by atoms with Gasteiger partial charge in [-0.3, -0.25) is 14.4 Å². The number of carbonyl (C=O) groups is 3. The fourth-order valence-electron chi connectivity index (χ4n) is 3.58. The van der Waals surface area contributed by atoms with E-state index >= 15 is 0 Å². The Labute approximate surface area is 176 Å². The van der Waals surface area contributed by atoms with Crippen LogP contribution >= 0.6 is 0 Å². The Morgan fingerprint density at radius 1 is 1.28 bits per heavy atom. The molecular weight excluding hydrogens is 366 g/mol. The Balaban J connectivity index is 2.21. The minimum absolute atomic E-state index is 0.0317. The number of unbranched alkanes of at least 4 members (excludes halogenated alkanes) is 2. The summed E-state index contributed by atoms with van der Waals surface area (Å²) >= 11 is 0. The van der Waals surface area contributed by atoms with Gasteiger partial charge in [-0.15, -0.1) is 0 Å². The molecule has 1 rings (SSSR count). The topological polar surface area (TPSA) is 78.5 Å². The smallest absolute Gasteiger partial charge is 0.247 e. The number of nitrogens with one attached hydrogen (secondary N) is 2. The molecule has 29 heavy (non-hydrogen) atoms. The minimum Gasteiger partial charge on any atom is -0.353 e. The summed E-state index contributed by atoms with van der Waals surface area (Å²) in [5.74, 6) is 0.209. The number of rotatable bonds is 14. The second-order valence-corrected chi connectivity index (χ2v) is 8.23. The molecule has 0 aromatic carbocycles. The quantitative estimate of drug-likeness (QED) is 0.344. The maximum Gasteiger partial charge on any atom is 0.247 e. The molecule has 0 bridgehead atoms. The van der Waals surface area contributed by atoms with Crippen LogP contribution in [-0.2, 0) is 14.4 Å². The second-order valence-electron chi connectivity index (χ2n) is 8.23. The minimum atomic E-state index is -0.154. The van der Waals surface area contributed by atoms with Gasteiger partial charge in [-0.2, -0.15) is 0 Å². The van der Waals surface area contributed by atoms with Crippen molar-refractivity contribution in [3.8, 4) is 0 Å². The number of hydrogen-bond acceptors (Lipinski definition) is 3. The molecule has 6 nitrogen and oxygen atoms in total. The summed E-state index contributed by atoms with van der Waals surface area (Å²) in [5.41, 5.74) is 0.866. The lowest BCUT2D eigenvalue weighted by Gasteiger charge is -2.22. The largest absolute Gasteiger partial charge is 0.353 e. The molecule has 164 valence electrons. The molecule has 0 spiro atoms. The van der Waals surface area contributed by atoms with E-state index in [9.17, 15) is 14.4 Å². The van der Waals surface area contributed by atoms with Crippen molar-refractivity contribution in [3.63, 3.8) is 0 Å². The average molecular weight is 406 g/mol. The normalized spacial score (nSPS) is 17.8. The third kappa shape index (κ3) is 9.77. The summed E-state index contributed by atoms with van der Waals surface area (Å²) in [6.07, 6.45) is 13.2. The van der Waals surface area contributed by atoms with Crippen molar-refractivity contribution in [1.29, 1.82) is 0 Å². The number of allylic oxidation sites excluding steroid dienone is 3. The van der Waals surface area contributed by atoms with E-state index in [0.717, 1.165) is 56.9 Å². The highest BCUT2D eigenvalue weighted by molar-refractivity contribution is 5.94. The Kier molecular flexibility index (Phi) is 12.0. The molecule has 1 aliphatic carbocycles. The summed E-state index contributed by atoms with van der Waals surface area (Å²) in [5, 5.41) is 6.10. The van der Waals surface area contributed by atoms with Crippen LogP contribution in [0.4, 0.5) is 0 Å². The predicted molar refractivity (Wildman–Crippen MR) is 117 cm³/mol. The van der Waals surface area contributed by atoms with Crippen LogP contribution in [0.2, 0.25) is 0 Å². The monoisotopic (exact) mass is 405 g/mol. The molecule has 0 radical (unpaired) electrons. The molecule has 3 atom stereocenters. The maximum absolute atomic E-state index is 12.5. The van der Waals surface area contributed by atoms with Gasteiger partial charge in [0, 0.05) is 31.8 Å². The lowest BCUT2D eigenvalue weighted by Crippen LogP contribution is -2.41. The lowest BCUT2D eigenvalue weighted by molar-refractivity contribution is -0.127. The Morgan fingerprint density at radius 2 is 2.03 bits per heavy atom. The van der Waals surface area contributed by atoms with Gasteiger partial charge >= 0.3 is 0 Å². The van der Waals surface area contributed by atoms with Crippen molar-refractivity contribution in [2.45, 2.75) is 71.8 Å². The summed E-state index contributed by atoms with van der Waals surface area (Å²) in [6, 6.07) is 0.109. The second kappa shape index (κ2) is 14.0. The summed E-state index contributed by atoms with van der Waals surface area (Å²) in [4.78, 5) is 37.0. The molecule has 0 aromatic heterocycles. The van der Waals surface area contributed by atoms with Gasteiger partial charge in [-0.1, -0.05) is 51.3 Å². The van der Waals surface area contributed by atoms with E-state index in [1.54, 1.807) is 7.05 Å². The van der Waals surface area contributed by atoms with E-state index in [1.807, 2.05) is 26.0 Å². The Hall–Kier alpha value is -2.11. The first-order valence-electron chi connectivity index (χ1n) is 11.0. The van der Waals surface area contributed by atoms with E-state index in [0.29, 0.717) is 13.1 Å². The van der Waals surface area contributed by atoms with Crippen molar-refractivity contribution >= 4 is 18.2 Å². The first kappa shape index (κ1) is 24.9. The molecule has 3 unspecified atom stereocenters. The zero-order valence-corrected chi connectivity index (χ0v) is 18.6. The van der Waals surface area contributed by atoms with Gasteiger partial charge in [0.05, 0.1) is 5.92 Å². The molecular formula is C23H39N3O3. The van der Waals surface area contributed by atoms with E-state index < -0.39 is 0 Å². The van der Waals surface area contributed by atoms with Gasteiger partial charge < -0.3 is 15.5 Å². The molecule has 0 fully saturated rings. The van der Waals surface area contributed by atoms with Crippen LogP contribution in [0.5, 0.6) is 0 Å². The first-order chi connectivity index (χ1) is 13.9. The third-order valence-corrected chi connectivity index (χ3v) is 5.38. The van der Waals surface area contributed by atoms with Crippen molar-refractivity contribution < 1.29 is 14.4 Å². The van der Waals surface area contributed by atoms with Gasteiger partial charge in [0.15, 0.2) is 0 Å². The van der Waals surface area contributed by atoms with Crippen molar-refractivity contribution in [3.05, 3.63) is 23.8 Å². The Morgan fingerprint density at radius 3 is 2.69 bits per heavy atom. The van der Waals surface area contributed by atoms with Gasteiger partial charge in [0.2, 0.25) is 18.2 Å². The highest BCUT2D eigenvalue weighted by atomic mass is 16.2. The van der Waals surface area contributed by atoms with Gasteiger partial charge in [-0.05, 0) is 38.5 Å². The molecule has 0 heterocycles. The molecule has 2 N–H and O–H groups in total. The maximum atomic E-state index is 12.5. The molecule has 6 heteroatoms. The van der Waals surface area contributed by atoms with Gasteiger partial charge in [-0.25, -0.2) is 0 Å². The summed E-state index contributed by atoms with van der Waals surface area (Å²) in [7, 11) is 1.70. The number of amides is 3. The summed E-state index contributed by atoms with van der Waals surface area (Å²) < 4.78 is 0. The van der Waals surface area contributed by atoms with Crippen LogP contribution < -0.4 is 10.6 Å². The molecule has 0 saturated heterocycles. The van der Waals surface area contributed by atoms with E-state index in [1.165, 1.54) is 4.90 Å². The van der Waals surface area contributed by atoms with Crippen LogP contribution in [-0.4, -0.2) is 49.3 Å². The SMILES string of the molecule is CCCC(CN(C)C=O)C(=O)NC(C)CCCCCNC(=O)C1=CC=CCC1C. The van der Waals surface area contributed by atoms with Crippen LogP contribution in [0, 0.1) is 11.8 Å². The summed E-state index contributed by atoms with van der Waals surface area (Å²) in [6.45, 7) is 7.29. The van der Waals surface area contributed by atoms with Gasteiger partial charge in [0.25, 0.3) is 0 Å². The third-order valence-electron chi connectivity index (χ3n) is 5.38. The van der Waals surface area contributed by atoms with Gasteiger partial charge in [0.1, 0.15) is 0 Å². The Bertz CT molecular complexity index is 586. The molecule has 0 aromatic rings. The van der Waals surface area contributed by atoms with Crippen LogP contribution in [0.15, 0.2) is 23.8 Å². The molecule has 3 amide bonds. The lowest BCUT2D eigenvalue weighted by atomic mass is 9.93. The van der Waals surface area contributed by atoms with Crippen LogP contribution in [0.1, 0.15) is 65.7 Å². The average Bonchev–Trinajstić information content (AvgIpc) is 2.70. The first-order valence-corrected chi connectivity index (χ1v) is 11.0.